The minimum Gasteiger partial charge on any atom is -0.264 e. The SMILES string of the molecule is c1ccc(-c2ccc3ccc4c(-c5ccc6ccccc6c5)cc(-c5ccc(-c6ccc(-c7nc(-c8ccccc8)nc(-c8cccc(-c9cccc%10ccncc9%10)c8)n7)cc6)cc5)nc4c3n2)cc1. The smallest absolute Gasteiger partial charge is 0.164 e. The molecule has 0 aliphatic heterocycles. The molecule has 70 heavy (non-hydrogen) atoms. The first-order valence-electron chi connectivity index (χ1n) is 23.4. The standard InChI is InChI=1S/C64H40N6/c1-3-12-45(13-4-1)58-34-32-47-31-33-55-56(52-30-25-41-11-7-8-16-50(41)37-52)39-59(67-61(55)60(47)66-58)46-26-21-42(22-27-46)43-23-28-49(29-24-43)63-68-62(48-14-5-2-6-15-48)69-64(70-63)53-19-9-18-51(38-53)54-20-10-17-44-35-36-65-40-57(44)54/h1-40H. The van der Waals surface area contributed by atoms with E-state index in [4.69, 9.17) is 24.9 Å². The summed E-state index contributed by atoms with van der Waals surface area (Å²) in [6.45, 7) is 0. The van der Waals surface area contributed by atoms with Gasteiger partial charge in [-0.05, 0) is 79.9 Å². The largest absolute Gasteiger partial charge is 0.264 e. The van der Waals surface area contributed by atoms with E-state index >= 15 is 0 Å². The molecular weight excluding hydrogens is 853 g/mol. The van der Waals surface area contributed by atoms with Gasteiger partial charge in [0.2, 0.25) is 0 Å². The summed E-state index contributed by atoms with van der Waals surface area (Å²) in [5.74, 6) is 1.83. The Morgan fingerprint density at radius 3 is 1.54 bits per heavy atom. The molecule has 4 aromatic heterocycles. The van der Waals surface area contributed by atoms with E-state index in [1.165, 1.54) is 10.8 Å². The molecule has 0 aliphatic carbocycles. The van der Waals surface area contributed by atoms with Crippen molar-refractivity contribution in [2.75, 3.05) is 0 Å². The van der Waals surface area contributed by atoms with E-state index in [1.54, 1.807) is 0 Å². The zero-order valence-electron chi connectivity index (χ0n) is 37.8. The molecule has 9 aromatic carbocycles. The van der Waals surface area contributed by atoms with Gasteiger partial charge in [0, 0.05) is 56.4 Å². The zero-order chi connectivity index (χ0) is 46.4. The molecule has 6 nitrogen and oxygen atoms in total. The molecule has 0 N–H and O–H groups in total. The lowest BCUT2D eigenvalue weighted by Gasteiger charge is -2.14. The number of hydrogen-bond acceptors (Lipinski definition) is 6. The van der Waals surface area contributed by atoms with Gasteiger partial charge >= 0.3 is 0 Å². The topological polar surface area (TPSA) is 77.3 Å². The van der Waals surface area contributed by atoms with E-state index in [9.17, 15) is 0 Å². The number of pyridine rings is 3. The van der Waals surface area contributed by atoms with Crippen LogP contribution in [0, 0.1) is 0 Å². The van der Waals surface area contributed by atoms with E-state index in [2.05, 4.69) is 193 Å². The molecular formula is C64H40N6. The highest BCUT2D eigenvalue weighted by Gasteiger charge is 2.17. The lowest BCUT2D eigenvalue weighted by molar-refractivity contribution is 1.07. The second-order valence-corrected chi connectivity index (χ2v) is 17.5. The Kier molecular flexibility index (Phi) is 10.1. The van der Waals surface area contributed by atoms with E-state index in [-0.39, 0.29) is 0 Å². The maximum absolute atomic E-state index is 5.41. The molecule has 0 unspecified atom stereocenters. The van der Waals surface area contributed by atoms with Gasteiger partial charge in [-0.2, -0.15) is 0 Å². The Balaban J connectivity index is 0.864. The maximum atomic E-state index is 5.41. The van der Waals surface area contributed by atoms with Crippen molar-refractivity contribution in [1.82, 2.24) is 29.9 Å². The third-order valence-electron chi connectivity index (χ3n) is 13.2. The molecule has 6 heteroatoms. The molecule has 0 aliphatic rings. The molecule has 0 bridgehead atoms. The molecule has 0 fully saturated rings. The van der Waals surface area contributed by atoms with Crippen LogP contribution in [0.3, 0.4) is 0 Å². The number of hydrogen-bond donors (Lipinski definition) is 0. The van der Waals surface area contributed by atoms with E-state index < -0.39 is 0 Å². The average Bonchev–Trinajstić information content (AvgIpc) is 3.45. The van der Waals surface area contributed by atoms with Crippen molar-refractivity contribution >= 4 is 43.4 Å². The highest BCUT2D eigenvalue weighted by Crippen LogP contribution is 2.38. The van der Waals surface area contributed by atoms with Crippen molar-refractivity contribution in [3.8, 4) is 90.1 Å². The lowest BCUT2D eigenvalue weighted by atomic mass is 9.94. The third-order valence-corrected chi connectivity index (χ3v) is 13.2. The highest BCUT2D eigenvalue weighted by molar-refractivity contribution is 6.10. The molecule has 4 heterocycles. The van der Waals surface area contributed by atoms with Crippen molar-refractivity contribution in [2.45, 2.75) is 0 Å². The molecule has 0 amide bonds. The summed E-state index contributed by atoms with van der Waals surface area (Å²) >= 11 is 0. The van der Waals surface area contributed by atoms with Crippen molar-refractivity contribution < 1.29 is 0 Å². The molecule has 13 aromatic rings. The fourth-order valence-corrected chi connectivity index (χ4v) is 9.57. The average molecular weight is 893 g/mol. The summed E-state index contributed by atoms with van der Waals surface area (Å²) in [5.41, 5.74) is 15.0. The van der Waals surface area contributed by atoms with Crippen LogP contribution in [0.4, 0.5) is 0 Å². The van der Waals surface area contributed by atoms with Crippen LogP contribution < -0.4 is 0 Å². The van der Waals surface area contributed by atoms with Crippen molar-refractivity contribution in [3.63, 3.8) is 0 Å². The van der Waals surface area contributed by atoms with E-state index in [1.807, 2.05) is 54.9 Å². The fraction of sp³-hybridized carbons (Fsp3) is 0. The number of fused-ring (bicyclic) bond motifs is 5. The summed E-state index contributed by atoms with van der Waals surface area (Å²) < 4.78 is 0. The number of aromatic nitrogens is 6. The second-order valence-electron chi connectivity index (χ2n) is 17.5. The van der Waals surface area contributed by atoms with Gasteiger partial charge in [0.25, 0.3) is 0 Å². The minimum absolute atomic E-state index is 0.605. The predicted octanol–water partition coefficient (Wildman–Crippen LogP) is 16.0. The molecule has 0 atom stereocenters. The van der Waals surface area contributed by atoms with E-state index in [0.717, 1.165) is 105 Å². The van der Waals surface area contributed by atoms with Gasteiger partial charge in [-0.1, -0.05) is 200 Å². The third kappa shape index (κ3) is 7.60. The van der Waals surface area contributed by atoms with Crippen LogP contribution in [0.5, 0.6) is 0 Å². The molecule has 0 saturated heterocycles. The van der Waals surface area contributed by atoms with Crippen LogP contribution in [0.15, 0.2) is 243 Å². The van der Waals surface area contributed by atoms with Crippen LogP contribution in [-0.2, 0) is 0 Å². The van der Waals surface area contributed by atoms with Crippen LogP contribution in [0.2, 0.25) is 0 Å². The molecule has 13 rings (SSSR count). The Morgan fingerprint density at radius 1 is 0.243 bits per heavy atom. The quantitative estimate of drug-likeness (QED) is 0.141. The summed E-state index contributed by atoms with van der Waals surface area (Å²) in [4.78, 5) is 30.3. The van der Waals surface area contributed by atoms with Crippen LogP contribution in [0.25, 0.3) is 133 Å². The van der Waals surface area contributed by atoms with Crippen LogP contribution >= 0.6 is 0 Å². The summed E-state index contributed by atoms with van der Waals surface area (Å²) in [7, 11) is 0. The second kappa shape index (κ2) is 17.3. The normalized spacial score (nSPS) is 11.4. The summed E-state index contributed by atoms with van der Waals surface area (Å²) in [5, 5.41) is 6.76. The summed E-state index contributed by atoms with van der Waals surface area (Å²) in [6.07, 6.45) is 3.76. The van der Waals surface area contributed by atoms with Crippen molar-refractivity contribution in [3.05, 3.63) is 243 Å². The molecule has 0 spiro atoms. The molecule has 0 saturated carbocycles. The fourth-order valence-electron chi connectivity index (χ4n) is 9.57. The number of nitrogens with zero attached hydrogens (tertiary/aromatic N) is 6. The van der Waals surface area contributed by atoms with Gasteiger partial charge in [-0.25, -0.2) is 24.9 Å². The molecule has 326 valence electrons. The predicted molar refractivity (Wildman–Crippen MR) is 287 cm³/mol. The minimum atomic E-state index is 0.605. The number of benzene rings is 9. The summed E-state index contributed by atoms with van der Waals surface area (Å²) in [6, 6.07) is 80.4. The van der Waals surface area contributed by atoms with Gasteiger partial charge in [0.05, 0.1) is 22.4 Å². The molecule has 0 radical (unpaired) electrons. The zero-order valence-corrected chi connectivity index (χ0v) is 37.8. The van der Waals surface area contributed by atoms with Gasteiger partial charge in [0.15, 0.2) is 17.5 Å². The van der Waals surface area contributed by atoms with Crippen LogP contribution in [-0.4, -0.2) is 29.9 Å². The number of rotatable bonds is 8. The van der Waals surface area contributed by atoms with Gasteiger partial charge in [0.1, 0.15) is 0 Å². The Hall–Kier alpha value is -9.52. The van der Waals surface area contributed by atoms with Crippen molar-refractivity contribution in [2.24, 2.45) is 0 Å². The van der Waals surface area contributed by atoms with Gasteiger partial charge < -0.3 is 0 Å². The highest BCUT2D eigenvalue weighted by atomic mass is 15.0. The monoisotopic (exact) mass is 892 g/mol. The first-order chi connectivity index (χ1) is 34.6. The lowest BCUT2D eigenvalue weighted by Crippen LogP contribution is -2.00. The van der Waals surface area contributed by atoms with E-state index in [0.29, 0.717) is 17.5 Å². The van der Waals surface area contributed by atoms with Gasteiger partial charge in [-0.15, -0.1) is 0 Å². The van der Waals surface area contributed by atoms with Gasteiger partial charge in [-0.3, -0.25) is 4.98 Å². The first kappa shape index (κ1) is 40.7. The van der Waals surface area contributed by atoms with Crippen molar-refractivity contribution in [1.29, 1.82) is 0 Å². The Morgan fingerprint density at radius 2 is 0.771 bits per heavy atom. The Bertz CT molecular complexity index is 4090. The first-order valence-corrected chi connectivity index (χ1v) is 23.4. The maximum Gasteiger partial charge on any atom is 0.164 e. The van der Waals surface area contributed by atoms with Crippen LogP contribution in [0.1, 0.15) is 0 Å². The Labute approximate surface area is 404 Å².